The summed E-state index contributed by atoms with van der Waals surface area (Å²) in [5.41, 5.74) is 0.176. The minimum absolute atomic E-state index is 0.0955. The van der Waals surface area contributed by atoms with E-state index in [0.717, 1.165) is 30.7 Å². The molecule has 1 fully saturated rings. The average molecular weight is 343 g/mol. The molecule has 2 unspecified atom stereocenters. The molecule has 0 spiro atoms. The van der Waals surface area contributed by atoms with Crippen molar-refractivity contribution in [1.82, 2.24) is 4.90 Å². The second-order valence-corrected chi connectivity index (χ2v) is 7.09. The first kappa shape index (κ1) is 18.8. The monoisotopic (exact) mass is 343 g/mol. The first-order valence-corrected chi connectivity index (χ1v) is 8.25. The highest BCUT2D eigenvalue weighted by Crippen LogP contribution is 2.31. The smallest absolute Gasteiger partial charge is 0.416 e. The third-order valence-corrected chi connectivity index (χ3v) is 4.74. The zero-order valence-electron chi connectivity index (χ0n) is 14.0. The summed E-state index contributed by atoms with van der Waals surface area (Å²) in [7, 11) is 0. The van der Waals surface area contributed by atoms with Gasteiger partial charge in [-0.2, -0.15) is 13.2 Å². The second-order valence-electron chi connectivity index (χ2n) is 7.09. The SMILES string of the molecule is CC(C)C1CC(CC(=O)O)CN(Cc2ccc(C(F)(F)F)cc2)C1. The molecule has 1 heterocycles. The van der Waals surface area contributed by atoms with Gasteiger partial charge < -0.3 is 5.11 Å². The fraction of sp³-hybridized carbons (Fsp3) is 0.611. The van der Waals surface area contributed by atoms with Gasteiger partial charge in [0.2, 0.25) is 0 Å². The molecule has 1 aliphatic rings. The van der Waals surface area contributed by atoms with Gasteiger partial charge in [-0.05, 0) is 41.9 Å². The number of rotatable bonds is 5. The lowest BCUT2D eigenvalue weighted by Gasteiger charge is -2.39. The number of carboxylic acid groups (broad SMARTS) is 1. The number of likely N-dealkylation sites (tertiary alicyclic amines) is 1. The van der Waals surface area contributed by atoms with Crippen LogP contribution in [0.5, 0.6) is 0 Å². The number of halogens is 3. The van der Waals surface area contributed by atoms with Crippen LogP contribution in [-0.4, -0.2) is 29.1 Å². The van der Waals surface area contributed by atoms with Crippen LogP contribution in [-0.2, 0) is 17.5 Å². The molecule has 1 aliphatic heterocycles. The normalized spacial score (nSPS) is 22.8. The van der Waals surface area contributed by atoms with E-state index in [1.54, 1.807) is 0 Å². The van der Waals surface area contributed by atoms with E-state index < -0.39 is 17.7 Å². The van der Waals surface area contributed by atoms with Crippen LogP contribution < -0.4 is 0 Å². The first-order chi connectivity index (χ1) is 11.1. The molecule has 1 aromatic rings. The Kier molecular flexibility index (Phi) is 5.91. The Morgan fingerprint density at radius 3 is 2.38 bits per heavy atom. The molecule has 0 radical (unpaired) electrons. The summed E-state index contributed by atoms with van der Waals surface area (Å²) in [5, 5.41) is 9.05. The van der Waals surface area contributed by atoms with Crippen LogP contribution >= 0.6 is 0 Å². The van der Waals surface area contributed by atoms with E-state index in [-0.39, 0.29) is 12.3 Å². The number of carboxylic acids is 1. The molecular weight excluding hydrogens is 319 g/mol. The van der Waals surface area contributed by atoms with Gasteiger partial charge in [0.05, 0.1) is 5.56 Å². The third-order valence-electron chi connectivity index (χ3n) is 4.74. The topological polar surface area (TPSA) is 40.5 Å². The van der Waals surface area contributed by atoms with Crippen molar-refractivity contribution in [2.24, 2.45) is 17.8 Å². The van der Waals surface area contributed by atoms with Crippen LogP contribution in [0.15, 0.2) is 24.3 Å². The number of piperidine rings is 1. The lowest BCUT2D eigenvalue weighted by Crippen LogP contribution is -2.42. The summed E-state index contributed by atoms with van der Waals surface area (Å²) < 4.78 is 37.9. The minimum Gasteiger partial charge on any atom is -0.481 e. The Morgan fingerprint density at radius 2 is 1.88 bits per heavy atom. The van der Waals surface area contributed by atoms with Gasteiger partial charge in [-0.25, -0.2) is 0 Å². The number of carbonyl (C=O) groups is 1. The van der Waals surface area contributed by atoms with Crippen LogP contribution in [0.2, 0.25) is 0 Å². The second kappa shape index (κ2) is 7.55. The highest BCUT2D eigenvalue weighted by Gasteiger charge is 2.31. The number of hydrogen-bond donors (Lipinski definition) is 1. The fourth-order valence-corrected chi connectivity index (χ4v) is 3.41. The van der Waals surface area contributed by atoms with E-state index in [2.05, 4.69) is 18.7 Å². The van der Waals surface area contributed by atoms with Crippen molar-refractivity contribution in [1.29, 1.82) is 0 Å². The van der Waals surface area contributed by atoms with Gasteiger partial charge >= 0.3 is 12.1 Å². The van der Waals surface area contributed by atoms with Gasteiger partial charge in [0.1, 0.15) is 0 Å². The predicted molar refractivity (Wildman–Crippen MR) is 85.4 cm³/mol. The van der Waals surface area contributed by atoms with Crippen molar-refractivity contribution in [2.45, 2.75) is 39.4 Å². The summed E-state index contributed by atoms with van der Waals surface area (Å²) in [5.74, 6) is 0.172. The van der Waals surface area contributed by atoms with E-state index >= 15 is 0 Å². The summed E-state index contributed by atoms with van der Waals surface area (Å²) >= 11 is 0. The molecule has 0 aromatic heterocycles. The molecule has 3 nitrogen and oxygen atoms in total. The van der Waals surface area contributed by atoms with E-state index in [4.69, 9.17) is 5.11 Å². The van der Waals surface area contributed by atoms with Gasteiger partial charge in [0.15, 0.2) is 0 Å². The van der Waals surface area contributed by atoms with Crippen LogP contribution in [0.3, 0.4) is 0 Å². The summed E-state index contributed by atoms with van der Waals surface area (Å²) in [6.07, 6.45) is -3.28. The van der Waals surface area contributed by atoms with Gasteiger partial charge in [-0.1, -0.05) is 26.0 Å². The molecule has 2 atom stereocenters. The van der Waals surface area contributed by atoms with Crippen LogP contribution in [0.1, 0.15) is 37.8 Å². The maximum absolute atomic E-state index is 12.6. The van der Waals surface area contributed by atoms with Gasteiger partial charge in [0, 0.05) is 26.1 Å². The van der Waals surface area contributed by atoms with Crippen LogP contribution in [0, 0.1) is 17.8 Å². The molecular formula is C18H24F3NO2. The van der Waals surface area contributed by atoms with Crippen molar-refractivity contribution >= 4 is 5.97 Å². The number of nitrogens with zero attached hydrogens (tertiary/aromatic N) is 1. The molecule has 0 amide bonds. The Bertz CT molecular complexity index is 554. The van der Waals surface area contributed by atoms with E-state index in [0.29, 0.717) is 24.9 Å². The Labute approximate surface area is 140 Å². The standard InChI is InChI=1S/C18H24F3NO2/c1-12(2)15-7-14(8-17(23)24)10-22(11-15)9-13-3-5-16(6-4-13)18(19,20)21/h3-6,12,14-15H,7-11H2,1-2H3,(H,23,24). The summed E-state index contributed by atoms with van der Waals surface area (Å²) in [6, 6.07) is 5.23. The highest BCUT2D eigenvalue weighted by atomic mass is 19.4. The molecule has 0 saturated carbocycles. The molecule has 0 aliphatic carbocycles. The molecule has 1 aromatic carbocycles. The van der Waals surface area contributed by atoms with Crippen molar-refractivity contribution in [3.63, 3.8) is 0 Å². The lowest BCUT2D eigenvalue weighted by atomic mass is 9.81. The number of alkyl halides is 3. The van der Waals surface area contributed by atoms with Crippen molar-refractivity contribution in [3.8, 4) is 0 Å². The third kappa shape index (κ3) is 5.23. The maximum atomic E-state index is 12.6. The van der Waals surface area contributed by atoms with Gasteiger partial charge in [-0.15, -0.1) is 0 Å². The molecule has 6 heteroatoms. The molecule has 0 bridgehead atoms. The zero-order valence-corrected chi connectivity index (χ0v) is 14.0. The van der Waals surface area contributed by atoms with Gasteiger partial charge in [-0.3, -0.25) is 9.69 Å². The van der Waals surface area contributed by atoms with Crippen molar-refractivity contribution in [3.05, 3.63) is 35.4 Å². The van der Waals surface area contributed by atoms with E-state index in [1.165, 1.54) is 12.1 Å². The highest BCUT2D eigenvalue weighted by molar-refractivity contribution is 5.67. The van der Waals surface area contributed by atoms with Crippen molar-refractivity contribution in [2.75, 3.05) is 13.1 Å². The van der Waals surface area contributed by atoms with E-state index in [1.807, 2.05) is 0 Å². The zero-order chi connectivity index (χ0) is 17.9. The number of aliphatic carboxylic acids is 1. The lowest BCUT2D eigenvalue weighted by molar-refractivity contribution is -0.139. The number of benzene rings is 1. The number of hydrogen-bond acceptors (Lipinski definition) is 2. The Morgan fingerprint density at radius 1 is 1.25 bits per heavy atom. The Hall–Kier alpha value is -1.56. The Balaban J connectivity index is 2.05. The van der Waals surface area contributed by atoms with Gasteiger partial charge in [0.25, 0.3) is 0 Å². The quantitative estimate of drug-likeness (QED) is 0.868. The van der Waals surface area contributed by atoms with Crippen LogP contribution in [0.25, 0.3) is 0 Å². The predicted octanol–water partition coefficient (Wildman–Crippen LogP) is 4.27. The summed E-state index contributed by atoms with van der Waals surface area (Å²) in [6.45, 7) is 6.34. The molecule has 134 valence electrons. The molecule has 24 heavy (non-hydrogen) atoms. The van der Waals surface area contributed by atoms with Crippen LogP contribution in [0.4, 0.5) is 13.2 Å². The molecule has 1 saturated heterocycles. The summed E-state index contributed by atoms with van der Waals surface area (Å²) in [4.78, 5) is 13.2. The fourth-order valence-electron chi connectivity index (χ4n) is 3.41. The largest absolute Gasteiger partial charge is 0.481 e. The average Bonchev–Trinajstić information content (AvgIpc) is 2.45. The van der Waals surface area contributed by atoms with Crippen molar-refractivity contribution < 1.29 is 23.1 Å². The first-order valence-electron chi connectivity index (χ1n) is 8.25. The van der Waals surface area contributed by atoms with E-state index in [9.17, 15) is 18.0 Å². The molecule has 2 rings (SSSR count). The maximum Gasteiger partial charge on any atom is 0.416 e. The molecule has 1 N–H and O–H groups in total. The minimum atomic E-state index is -4.32.